The molecule has 1 saturated heterocycles. The molecule has 1 aliphatic heterocycles. The molecule has 1 aliphatic rings. The number of primary amides is 1. The number of likely N-dealkylation sites (tertiary alicyclic amines) is 1. The zero-order chi connectivity index (χ0) is 22.1. The van der Waals surface area contributed by atoms with Crippen molar-refractivity contribution in [2.75, 3.05) is 26.2 Å². The molecule has 1 unspecified atom stereocenters. The van der Waals surface area contributed by atoms with Crippen LogP contribution in [0.5, 0.6) is 0 Å². The molecule has 32 heavy (non-hydrogen) atoms. The third-order valence-corrected chi connectivity index (χ3v) is 6.23. The van der Waals surface area contributed by atoms with Gasteiger partial charge in [0.15, 0.2) is 5.96 Å². The zero-order valence-corrected chi connectivity index (χ0v) is 22.1. The lowest BCUT2D eigenvalue weighted by molar-refractivity contribution is -0.123. The molecule has 7 nitrogen and oxygen atoms in total. The van der Waals surface area contributed by atoms with Gasteiger partial charge >= 0.3 is 0 Å². The van der Waals surface area contributed by atoms with Crippen LogP contribution in [0.1, 0.15) is 41.6 Å². The largest absolute Gasteiger partial charge is 0.369 e. The lowest BCUT2D eigenvalue weighted by Crippen LogP contribution is -2.40. The Morgan fingerprint density at radius 3 is 2.88 bits per heavy atom. The van der Waals surface area contributed by atoms with Crippen LogP contribution in [-0.4, -0.2) is 47.9 Å². The van der Waals surface area contributed by atoms with Crippen molar-refractivity contribution in [2.24, 2.45) is 16.6 Å². The monoisotopic (exact) mass is 570 g/mol. The Kier molecular flexibility index (Phi) is 11.4. The van der Waals surface area contributed by atoms with E-state index < -0.39 is 0 Å². The van der Waals surface area contributed by atoms with E-state index in [4.69, 9.17) is 10.7 Å². The van der Waals surface area contributed by atoms with Crippen LogP contribution >= 0.6 is 35.3 Å². The highest BCUT2D eigenvalue weighted by Gasteiger charge is 2.23. The molecule has 0 bridgehead atoms. The van der Waals surface area contributed by atoms with E-state index in [1.54, 1.807) is 11.3 Å². The minimum Gasteiger partial charge on any atom is -0.369 e. The van der Waals surface area contributed by atoms with Crippen molar-refractivity contribution < 1.29 is 4.79 Å². The van der Waals surface area contributed by atoms with Gasteiger partial charge < -0.3 is 16.4 Å². The fraction of sp³-hybridized carbons (Fsp3) is 0.522. The van der Waals surface area contributed by atoms with Crippen molar-refractivity contribution >= 4 is 47.2 Å². The average Bonchev–Trinajstić information content (AvgIpc) is 3.17. The van der Waals surface area contributed by atoms with E-state index in [2.05, 4.69) is 57.1 Å². The van der Waals surface area contributed by atoms with Crippen molar-refractivity contribution in [3.8, 4) is 0 Å². The molecular weight excluding hydrogens is 535 g/mol. The molecule has 2 aromatic rings. The summed E-state index contributed by atoms with van der Waals surface area (Å²) in [7, 11) is 0. The fourth-order valence-corrected chi connectivity index (χ4v) is 4.51. The van der Waals surface area contributed by atoms with Gasteiger partial charge in [-0.15, -0.1) is 35.3 Å². The second-order valence-corrected chi connectivity index (χ2v) is 9.09. The topological polar surface area (TPSA) is 95.6 Å². The Labute approximate surface area is 212 Å². The summed E-state index contributed by atoms with van der Waals surface area (Å²) in [5.41, 5.74) is 9.05. The van der Waals surface area contributed by atoms with Crippen molar-refractivity contribution in [3.05, 3.63) is 51.5 Å². The van der Waals surface area contributed by atoms with Gasteiger partial charge in [-0.05, 0) is 44.4 Å². The molecule has 1 aromatic heterocycles. The van der Waals surface area contributed by atoms with Crippen molar-refractivity contribution in [2.45, 2.75) is 46.2 Å². The van der Waals surface area contributed by atoms with Crippen LogP contribution in [0.2, 0.25) is 0 Å². The number of carbonyl (C=O) groups is 1. The molecule has 0 saturated carbocycles. The van der Waals surface area contributed by atoms with Gasteiger partial charge in [0, 0.05) is 38.0 Å². The Hall–Kier alpha value is -1.72. The van der Waals surface area contributed by atoms with Gasteiger partial charge in [0.05, 0.1) is 23.2 Å². The first-order valence-corrected chi connectivity index (χ1v) is 11.9. The van der Waals surface area contributed by atoms with Gasteiger partial charge in [-0.1, -0.05) is 24.3 Å². The van der Waals surface area contributed by atoms with Gasteiger partial charge in [-0.2, -0.15) is 0 Å². The highest BCUT2D eigenvalue weighted by atomic mass is 127. The third kappa shape index (κ3) is 8.67. The summed E-state index contributed by atoms with van der Waals surface area (Å²) in [4.78, 5) is 23.1. The molecule has 3 rings (SSSR count). The van der Waals surface area contributed by atoms with Gasteiger partial charge in [0.1, 0.15) is 0 Å². The predicted octanol–water partition coefficient (Wildman–Crippen LogP) is 3.06. The molecule has 2 heterocycles. The fourth-order valence-electron chi connectivity index (χ4n) is 3.86. The van der Waals surface area contributed by atoms with Crippen LogP contribution in [0, 0.1) is 12.8 Å². The van der Waals surface area contributed by atoms with E-state index in [1.807, 2.05) is 6.92 Å². The number of thiazole rings is 1. The number of nitrogens with zero attached hydrogens (tertiary/aromatic N) is 3. The van der Waals surface area contributed by atoms with Gasteiger partial charge in [-0.3, -0.25) is 9.69 Å². The molecule has 1 aromatic carbocycles. The molecule has 176 valence electrons. The smallest absolute Gasteiger partial charge is 0.221 e. The first-order chi connectivity index (χ1) is 15.0. The van der Waals surface area contributed by atoms with Crippen LogP contribution in [-0.2, 0) is 24.3 Å². The average molecular weight is 571 g/mol. The molecule has 0 aliphatic carbocycles. The number of aryl methyl sites for hydroxylation is 1. The van der Waals surface area contributed by atoms with E-state index >= 15 is 0 Å². The maximum atomic E-state index is 11.5. The molecule has 1 amide bonds. The van der Waals surface area contributed by atoms with Crippen LogP contribution in [0.3, 0.4) is 0 Å². The van der Waals surface area contributed by atoms with Crippen LogP contribution in [0.4, 0.5) is 0 Å². The SMILES string of the molecule is CCNC(=NCc1cccc(CN2CCCC(C(N)=O)C2)c1)NCCc1csc(C)n1.I. The lowest BCUT2D eigenvalue weighted by Gasteiger charge is -2.31. The summed E-state index contributed by atoms with van der Waals surface area (Å²) in [5, 5.41) is 9.92. The van der Waals surface area contributed by atoms with E-state index in [0.717, 1.165) is 68.6 Å². The Balaban J connectivity index is 0.00000363. The number of rotatable bonds is 9. The van der Waals surface area contributed by atoms with Gasteiger partial charge in [0.25, 0.3) is 0 Å². The number of guanidine groups is 1. The first-order valence-electron chi connectivity index (χ1n) is 11.1. The number of amides is 1. The van der Waals surface area contributed by atoms with Gasteiger partial charge in [-0.25, -0.2) is 9.98 Å². The Bertz CT molecular complexity index is 887. The maximum Gasteiger partial charge on any atom is 0.221 e. The van der Waals surface area contributed by atoms with E-state index in [1.165, 1.54) is 11.1 Å². The van der Waals surface area contributed by atoms with Crippen LogP contribution in [0.25, 0.3) is 0 Å². The zero-order valence-electron chi connectivity index (χ0n) is 19.0. The summed E-state index contributed by atoms with van der Waals surface area (Å²) < 4.78 is 0. The van der Waals surface area contributed by atoms with Crippen molar-refractivity contribution in [1.82, 2.24) is 20.5 Å². The molecule has 9 heteroatoms. The third-order valence-electron chi connectivity index (χ3n) is 5.41. The second kappa shape index (κ2) is 13.7. The number of benzene rings is 1. The van der Waals surface area contributed by atoms with Gasteiger partial charge in [0.2, 0.25) is 5.91 Å². The standard InChI is InChI=1S/C23H34N6OS.HI/c1-3-25-23(26-10-9-21-16-31-17(2)28-21)27-13-18-6-4-7-19(12-18)14-29-11-5-8-20(15-29)22(24)30;/h4,6-7,12,16,20H,3,5,8-11,13-15H2,1-2H3,(H2,24,30)(H2,25,26,27);1H. The maximum absolute atomic E-state index is 11.5. The number of hydrogen-bond acceptors (Lipinski definition) is 5. The summed E-state index contributed by atoms with van der Waals surface area (Å²) in [6.07, 6.45) is 2.81. The van der Waals surface area contributed by atoms with E-state index in [9.17, 15) is 4.79 Å². The number of hydrogen-bond donors (Lipinski definition) is 3. The minimum atomic E-state index is -0.179. The number of aliphatic imine (C=N–C) groups is 1. The van der Waals surface area contributed by atoms with Crippen LogP contribution in [0.15, 0.2) is 34.6 Å². The number of halogens is 1. The van der Waals surface area contributed by atoms with Crippen molar-refractivity contribution in [3.63, 3.8) is 0 Å². The Morgan fingerprint density at radius 1 is 1.34 bits per heavy atom. The normalized spacial score (nSPS) is 16.9. The van der Waals surface area contributed by atoms with E-state index in [0.29, 0.717) is 6.54 Å². The number of nitrogens with two attached hydrogens (primary N) is 1. The number of carbonyl (C=O) groups excluding carboxylic acids is 1. The van der Waals surface area contributed by atoms with Crippen LogP contribution < -0.4 is 16.4 Å². The summed E-state index contributed by atoms with van der Waals surface area (Å²) >= 11 is 1.69. The Morgan fingerprint density at radius 2 is 2.16 bits per heavy atom. The second-order valence-electron chi connectivity index (χ2n) is 8.03. The molecule has 4 N–H and O–H groups in total. The lowest BCUT2D eigenvalue weighted by atomic mass is 9.97. The predicted molar refractivity (Wildman–Crippen MR) is 142 cm³/mol. The highest BCUT2D eigenvalue weighted by molar-refractivity contribution is 14.0. The summed E-state index contributed by atoms with van der Waals surface area (Å²) in [6, 6.07) is 8.54. The minimum absolute atomic E-state index is 0. The number of piperidine rings is 1. The number of aromatic nitrogens is 1. The highest BCUT2D eigenvalue weighted by Crippen LogP contribution is 2.19. The van der Waals surface area contributed by atoms with E-state index in [-0.39, 0.29) is 35.8 Å². The summed E-state index contributed by atoms with van der Waals surface area (Å²) in [6.45, 7) is 8.93. The molecule has 0 spiro atoms. The van der Waals surface area contributed by atoms with Crippen molar-refractivity contribution in [1.29, 1.82) is 0 Å². The number of nitrogens with one attached hydrogen (secondary N) is 2. The quantitative estimate of drug-likeness (QED) is 0.245. The molecule has 1 fully saturated rings. The molecular formula is C23H35IN6OS. The molecule has 0 radical (unpaired) electrons. The molecule has 1 atom stereocenters. The summed E-state index contributed by atoms with van der Waals surface area (Å²) in [5.74, 6) is 0.616. The first kappa shape index (κ1) is 26.5.